The number of aliphatic imine (C=N–C) groups is 4. The van der Waals surface area contributed by atoms with Crippen LogP contribution in [0, 0.1) is 71.1 Å². The van der Waals surface area contributed by atoms with Crippen molar-refractivity contribution in [3.8, 4) is 0 Å². The SMILES string of the molecule is C.C.C=CC1=C(C)C(C=C2N=C(C=c3[nH]c(=Cc4[nH]c(C=C)c(C)c4C)c(C)c3C)C3(C)C2=CC=C(C(=O)O)C3C(=O)OC)=NC1.C=CC1=NC(=Cc2[nH]c(/C=c3\[nH]/c(=C\C4=NCC5=CC=C(C(=O)O)C(C(=O)OC)C54C)c(C=C)c3C)c(C)c2C)C(C)=C1C.[2HH].[2HH].[B].[B]. The molecular weight excluding hydrogens is 1150 g/mol. The lowest BCUT2D eigenvalue weighted by Gasteiger charge is -2.36. The molecule has 2 aliphatic carbocycles. The summed E-state index contributed by atoms with van der Waals surface area (Å²) in [5.74, 6) is -5.71. The van der Waals surface area contributed by atoms with E-state index in [4.69, 9.17) is 24.5 Å². The van der Waals surface area contributed by atoms with E-state index < -0.39 is 46.5 Å². The van der Waals surface area contributed by atoms with Crippen molar-refractivity contribution < 1.29 is 41.7 Å². The van der Waals surface area contributed by atoms with Crippen LogP contribution in [-0.4, -0.2) is 121 Å². The van der Waals surface area contributed by atoms with Crippen LogP contribution in [0.3, 0.4) is 0 Å². The fraction of sp³-hybridized carbons (Fsp3) is 0.297. The predicted octanol–water partition coefficient (Wildman–Crippen LogP) is 10.9. The van der Waals surface area contributed by atoms with Gasteiger partial charge in [0.05, 0.1) is 77.8 Å². The van der Waals surface area contributed by atoms with Crippen LogP contribution in [-0.2, 0) is 28.7 Å². The molecule has 92 heavy (non-hydrogen) atoms. The second kappa shape index (κ2) is 28.1. The Bertz CT molecular complexity index is 4530. The zero-order valence-electron chi connectivity index (χ0n) is 53.8. The minimum absolute atomic E-state index is 0. The average molecular weight is 1240 g/mol. The molecule has 8 heterocycles. The highest BCUT2D eigenvalue weighted by Crippen LogP contribution is 2.53. The average Bonchev–Trinajstić information content (AvgIpc) is 1.50. The first kappa shape index (κ1) is 72.9. The van der Waals surface area contributed by atoms with Crippen molar-refractivity contribution in [2.45, 2.75) is 97.9 Å². The quantitative estimate of drug-likeness (QED) is 0.0523. The van der Waals surface area contributed by atoms with Crippen molar-refractivity contribution in [2.24, 2.45) is 42.6 Å². The maximum absolute atomic E-state index is 13.3. The molecule has 0 bridgehead atoms. The number of H-pyrrole nitrogens is 4. The van der Waals surface area contributed by atoms with E-state index in [1.165, 1.54) is 26.4 Å². The first-order valence-corrected chi connectivity index (χ1v) is 29.0. The Kier molecular flexibility index (Phi) is 22.3. The van der Waals surface area contributed by atoms with Gasteiger partial charge in [0.1, 0.15) is 11.8 Å². The van der Waals surface area contributed by atoms with Crippen LogP contribution in [0.2, 0.25) is 0 Å². The lowest BCUT2D eigenvalue weighted by molar-refractivity contribution is -0.149. The highest BCUT2D eigenvalue weighted by atomic mass is 16.5. The van der Waals surface area contributed by atoms with Gasteiger partial charge in [0.2, 0.25) is 0 Å². The molecule has 0 saturated heterocycles. The summed E-state index contributed by atoms with van der Waals surface area (Å²) < 4.78 is 10.3. The molecule has 4 aliphatic heterocycles. The summed E-state index contributed by atoms with van der Waals surface area (Å²) in [6.45, 7) is 40.9. The number of fused-ring (bicyclic) bond motifs is 2. The van der Waals surface area contributed by atoms with E-state index in [1.807, 2.05) is 58.9 Å². The number of rotatable bonds is 14. The molecule has 4 unspecified atom stereocenters. The van der Waals surface area contributed by atoms with Gasteiger partial charge in [-0.1, -0.05) is 77.6 Å². The number of nitrogens with one attached hydrogen (secondary N) is 4. The number of methoxy groups -OCH3 is 2. The smallest absolute Gasteiger partial charge is 0.332 e. The van der Waals surface area contributed by atoms with Crippen molar-refractivity contribution in [1.82, 2.24) is 19.9 Å². The second-order valence-electron chi connectivity index (χ2n) is 23.3. The van der Waals surface area contributed by atoms with Gasteiger partial charge in [-0.25, -0.2) is 14.6 Å². The normalized spacial score (nSPS) is 22.0. The van der Waals surface area contributed by atoms with Crippen LogP contribution in [0.1, 0.15) is 120 Å². The summed E-state index contributed by atoms with van der Waals surface area (Å²) in [6.07, 6.45) is 25.7. The molecule has 0 saturated carbocycles. The van der Waals surface area contributed by atoms with Crippen molar-refractivity contribution >= 4 is 106 Å². The first-order chi connectivity index (χ1) is 41.7. The van der Waals surface area contributed by atoms with Gasteiger partial charge in [-0.2, -0.15) is 0 Å². The van der Waals surface area contributed by atoms with Crippen LogP contribution in [0.25, 0.3) is 42.5 Å². The zero-order valence-corrected chi connectivity index (χ0v) is 53.8. The number of aromatic amines is 4. The van der Waals surface area contributed by atoms with Gasteiger partial charge < -0.3 is 39.6 Å². The highest BCUT2D eigenvalue weighted by molar-refractivity contribution is 6.22. The third-order valence-corrected chi connectivity index (χ3v) is 19.0. The van der Waals surface area contributed by atoms with E-state index >= 15 is 0 Å². The molecular formula is C74H88B2N8O8. The molecule has 6 N–H and O–H groups in total. The van der Waals surface area contributed by atoms with Crippen molar-refractivity contribution in [3.63, 3.8) is 0 Å². The van der Waals surface area contributed by atoms with E-state index in [9.17, 15) is 29.4 Å². The van der Waals surface area contributed by atoms with E-state index in [-0.39, 0.29) is 45.7 Å². The number of esters is 2. The van der Waals surface area contributed by atoms with Gasteiger partial charge in [0.15, 0.2) is 0 Å². The van der Waals surface area contributed by atoms with Crippen LogP contribution in [0.4, 0.5) is 0 Å². The molecule has 0 aromatic carbocycles. The maximum atomic E-state index is 13.3. The minimum atomic E-state index is -1.18. The number of hydrogen-bond acceptors (Lipinski definition) is 10. The molecule has 4 aromatic heterocycles. The van der Waals surface area contributed by atoms with E-state index in [0.29, 0.717) is 30.2 Å². The van der Waals surface area contributed by atoms with Gasteiger partial charge in [-0.15, -0.1) is 0 Å². The monoisotopic (exact) mass is 1240 g/mol. The van der Waals surface area contributed by atoms with Gasteiger partial charge in [0.25, 0.3) is 0 Å². The van der Waals surface area contributed by atoms with Gasteiger partial charge >= 0.3 is 23.9 Å². The van der Waals surface area contributed by atoms with Gasteiger partial charge in [0, 0.05) is 75.1 Å². The van der Waals surface area contributed by atoms with Crippen LogP contribution >= 0.6 is 0 Å². The number of carboxylic acids is 2. The lowest BCUT2D eigenvalue weighted by Crippen LogP contribution is -2.44. The van der Waals surface area contributed by atoms with Crippen LogP contribution in [0.15, 0.2) is 145 Å². The van der Waals surface area contributed by atoms with Crippen molar-refractivity contribution in [1.29, 1.82) is 0 Å². The number of carbonyl (C=O) groups is 4. The van der Waals surface area contributed by atoms with E-state index in [1.54, 1.807) is 30.4 Å². The molecule has 6 aliphatic rings. The number of aromatic nitrogens is 4. The second-order valence-corrected chi connectivity index (χ2v) is 23.3. The van der Waals surface area contributed by atoms with Crippen molar-refractivity contribution in [3.05, 3.63) is 214 Å². The molecule has 0 spiro atoms. The molecule has 0 amide bonds. The fourth-order valence-corrected chi connectivity index (χ4v) is 12.6. The molecule has 478 valence electrons. The number of nitrogens with zero attached hydrogens (tertiary/aromatic N) is 4. The minimum Gasteiger partial charge on any atom is -0.478 e. The Labute approximate surface area is 546 Å². The Morgan fingerprint density at radius 2 is 1.01 bits per heavy atom. The third kappa shape index (κ3) is 12.3. The zero-order chi connectivity index (χ0) is 64.2. The number of allylic oxidation sites excluding steroid dienone is 10. The summed E-state index contributed by atoms with van der Waals surface area (Å²) in [5, 5.41) is 23.4. The number of hydrogen-bond donors (Lipinski definition) is 6. The van der Waals surface area contributed by atoms with E-state index in [0.717, 1.165) is 139 Å². The summed E-state index contributed by atoms with van der Waals surface area (Å²) in [6, 6.07) is 0. The third-order valence-electron chi connectivity index (χ3n) is 19.0. The largest absolute Gasteiger partial charge is 0.478 e. The molecule has 0 fully saturated rings. The molecule has 4 atom stereocenters. The Hall–Kier alpha value is -9.83. The Balaban J connectivity index is 0.000000461. The van der Waals surface area contributed by atoms with Crippen LogP contribution < -0.4 is 21.4 Å². The topological polar surface area (TPSA) is 240 Å². The molecule has 6 radical (unpaired) electrons. The molecule has 18 heteroatoms. The summed E-state index contributed by atoms with van der Waals surface area (Å²) in [5.41, 5.74) is 20.6. The van der Waals surface area contributed by atoms with Gasteiger partial charge in [-0.05, 0) is 204 Å². The Morgan fingerprint density at radius 1 is 0.511 bits per heavy atom. The Morgan fingerprint density at radius 3 is 1.51 bits per heavy atom. The molecule has 16 nitrogen and oxygen atoms in total. The van der Waals surface area contributed by atoms with E-state index in [2.05, 4.69) is 118 Å². The molecule has 10 rings (SSSR count). The first-order valence-electron chi connectivity index (χ1n) is 29.0. The number of ether oxygens (including phenoxy) is 2. The summed E-state index contributed by atoms with van der Waals surface area (Å²) in [4.78, 5) is 84.1. The standard InChI is InChI=1S/2C36H38N4O4.2CH4.2B.2H2/c1-10-24-22(7)30(15-29-21(6)20(5)28(39-29)14-27-19(4)18(3)26(11-2)38-27)40-31(24)16-32-36(8)23(17-37-32)12-13-25(34(41)42)33(36)35(43)44-9;1-10-23-17-37-27(22(23)7)14-31-25-13-12-24(34(41)42)33(35(43)44-9)36(25,8)32(40-31)16-30-21(6)20(5)29(39-30)15-28-19(4)18(3)26(11-2)38-28;;;;;;/h10-16,33,39-40H,1-2,17H2,3-9H3,(H,41,42);10-16,33,38-39H,1-2,17H2,3-9H3,(H,41,42);2*1H4;;;2*1H/b27-14?,30-15-,31-16-;;;;;;;/i;;;;;;2*1+1. The number of carbonyl (C=O) groups excluding carboxylic acids is 2. The predicted molar refractivity (Wildman–Crippen MR) is 382 cm³/mol. The van der Waals surface area contributed by atoms with Crippen molar-refractivity contribution in [2.75, 3.05) is 27.3 Å². The summed E-state index contributed by atoms with van der Waals surface area (Å²) in [7, 11) is 2.55. The number of carboxylic acid groups (broad SMARTS) is 2. The lowest BCUT2D eigenvalue weighted by atomic mass is 9.63. The number of aliphatic carboxylic acids is 2. The fourth-order valence-electron chi connectivity index (χ4n) is 12.6. The van der Waals surface area contributed by atoms with Gasteiger partial charge in [-0.3, -0.25) is 24.6 Å². The highest BCUT2D eigenvalue weighted by Gasteiger charge is 2.55. The summed E-state index contributed by atoms with van der Waals surface area (Å²) >= 11 is 0. The molecule has 4 aromatic rings. The maximum Gasteiger partial charge on any atom is 0.332 e. The van der Waals surface area contributed by atoms with Crippen LogP contribution in [0.5, 0.6) is 0 Å².